The summed E-state index contributed by atoms with van der Waals surface area (Å²) in [5.74, 6) is -0.987. The summed E-state index contributed by atoms with van der Waals surface area (Å²) in [5.41, 5.74) is 3.37. The van der Waals surface area contributed by atoms with Crippen LogP contribution < -0.4 is 10.3 Å². The smallest absolute Gasteiger partial charge is 0.263 e. The number of anilines is 1. The maximum atomic E-state index is 12.8. The topological polar surface area (TPSA) is 74.1 Å². The first-order chi connectivity index (χ1) is 14.0. The SMILES string of the molecule is CCc1ccc(N=C2NC(=O)/C(=C/[C@@H]3C(=O)N(c4ccccc4)N=C3C)S2)cc1. The monoisotopic (exact) mass is 404 g/mol. The Morgan fingerprint density at radius 3 is 2.55 bits per heavy atom. The molecule has 0 bridgehead atoms. The van der Waals surface area contributed by atoms with Gasteiger partial charge in [-0.05, 0) is 61.0 Å². The van der Waals surface area contributed by atoms with E-state index in [1.54, 1.807) is 13.0 Å². The highest BCUT2D eigenvalue weighted by Gasteiger charge is 2.35. The Hall–Kier alpha value is -3.19. The minimum Gasteiger partial charge on any atom is -0.300 e. The van der Waals surface area contributed by atoms with Crippen molar-refractivity contribution in [2.24, 2.45) is 16.0 Å². The summed E-state index contributed by atoms with van der Waals surface area (Å²) >= 11 is 1.24. The number of rotatable bonds is 4. The van der Waals surface area contributed by atoms with Gasteiger partial charge in [0.1, 0.15) is 0 Å². The van der Waals surface area contributed by atoms with E-state index in [9.17, 15) is 9.59 Å². The van der Waals surface area contributed by atoms with E-state index in [2.05, 4.69) is 22.3 Å². The predicted octanol–water partition coefficient (Wildman–Crippen LogP) is 4.02. The minimum absolute atomic E-state index is 0.171. The summed E-state index contributed by atoms with van der Waals surface area (Å²) in [7, 11) is 0. The standard InChI is InChI=1S/C22H20N4O2S/c1-3-15-9-11-16(12-10-15)23-22-24-20(27)19(29-22)13-18-14(2)25-26(21(18)28)17-7-5-4-6-8-17/h4-13,18H,3H2,1-2H3,(H,23,24,27)/b19-13-/t18-/m0/s1. The van der Waals surface area contributed by atoms with Gasteiger partial charge in [-0.2, -0.15) is 10.1 Å². The third-order valence-electron chi connectivity index (χ3n) is 4.73. The number of thioether (sulfide) groups is 1. The number of amides is 2. The lowest BCUT2D eigenvalue weighted by Gasteiger charge is -2.12. The van der Waals surface area contributed by atoms with Gasteiger partial charge in [0.2, 0.25) is 0 Å². The second-order valence-electron chi connectivity index (χ2n) is 6.73. The molecule has 6 nitrogen and oxygen atoms in total. The first-order valence-electron chi connectivity index (χ1n) is 9.38. The van der Waals surface area contributed by atoms with E-state index in [1.807, 2.05) is 54.6 Å². The van der Waals surface area contributed by atoms with Crippen molar-refractivity contribution in [3.63, 3.8) is 0 Å². The summed E-state index contributed by atoms with van der Waals surface area (Å²) in [5, 5.41) is 9.04. The van der Waals surface area contributed by atoms with Gasteiger partial charge in [-0.15, -0.1) is 0 Å². The number of hydrazone groups is 1. The number of hydrogen-bond acceptors (Lipinski definition) is 5. The molecule has 0 radical (unpaired) electrons. The second-order valence-corrected chi connectivity index (χ2v) is 7.76. The normalized spacial score (nSPS) is 21.8. The molecule has 0 spiro atoms. The molecule has 7 heteroatoms. The third kappa shape index (κ3) is 4.00. The van der Waals surface area contributed by atoms with E-state index >= 15 is 0 Å². The van der Waals surface area contributed by atoms with Gasteiger partial charge in [0, 0.05) is 0 Å². The van der Waals surface area contributed by atoms with Crippen LogP contribution in [0.15, 0.2) is 75.7 Å². The highest BCUT2D eigenvalue weighted by atomic mass is 32.2. The highest BCUT2D eigenvalue weighted by molar-refractivity contribution is 8.18. The van der Waals surface area contributed by atoms with Gasteiger partial charge in [-0.3, -0.25) is 9.59 Å². The van der Waals surface area contributed by atoms with Crippen LogP contribution in [0.2, 0.25) is 0 Å². The van der Waals surface area contributed by atoms with E-state index in [-0.39, 0.29) is 11.8 Å². The molecule has 2 aliphatic rings. The zero-order valence-corrected chi connectivity index (χ0v) is 16.9. The van der Waals surface area contributed by atoms with Gasteiger partial charge in [0.25, 0.3) is 11.8 Å². The molecule has 2 aromatic carbocycles. The molecule has 2 heterocycles. The fourth-order valence-electron chi connectivity index (χ4n) is 3.10. The highest BCUT2D eigenvalue weighted by Crippen LogP contribution is 2.31. The van der Waals surface area contributed by atoms with Crippen molar-refractivity contribution in [3.05, 3.63) is 71.1 Å². The first kappa shape index (κ1) is 19.1. The maximum Gasteiger partial charge on any atom is 0.263 e. The average molecular weight is 404 g/mol. The average Bonchev–Trinajstić information content (AvgIpc) is 3.23. The molecule has 4 rings (SSSR count). The van der Waals surface area contributed by atoms with Gasteiger partial charge >= 0.3 is 0 Å². The summed E-state index contributed by atoms with van der Waals surface area (Å²) in [6.07, 6.45) is 2.64. The molecule has 1 atom stereocenters. The Bertz CT molecular complexity index is 1040. The summed E-state index contributed by atoms with van der Waals surface area (Å²) in [6, 6.07) is 17.1. The molecule has 0 aliphatic carbocycles. The van der Waals surface area contributed by atoms with Gasteiger partial charge in [-0.1, -0.05) is 37.3 Å². The van der Waals surface area contributed by atoms with Crippen LogP contribution in [0.1, 0.15) is 19.4 Å². The molecule has 1 saturated heterocycles. The third-order valence-corrected chi connectivity index (χ3v) is 5.66. The zero-order chi connectivity index (χ0) is 20.4. The van der Waals surface area contributed by atoms with Crippen LogP contribution in [0.5, 0.6) is 0 Å². The van der Waals surface area contributed by atoms with Crippen molar-refractivity contribution in [1.82, 2.24) is 5.32 Å². The number of benzene rings is 2. The molecule has 0 aromatic heterocycles. The fraction of sp³-hybridized carbons (Fsp3) is 0.182. The number of aryl methyl sites for hydroxylation is 1. The Labute approximate surface area is 173 Å². The molecule has 29 heavy (non-hydrogen) atoms. The Balaban J connectivity index is 1.52. The lowest BCUT2D eigenvalue weighted by molar-refractivity contribution is -0.118. The molecular formula is C22H20N4O2S. The molecule has 1 N–H and O–H groups in total. The van der Waals surface area contributed by atoms with Crippen LogP contribution in [-0.2, 0) is 16.0 Å². The Kier molecular flexibility index (Phi) is 5.31. The van der Waals surface area contributed by atoms with Crippen LogP contribution in [0.4, 0.5) is 11.4 Å². The Morgan fingerprint density at radius 1 is 1.14 bits per heavy atom. The summed E-state index contributed by atoms with van der Waals surface area (Å²) in [4.78, 5) is 30.2. The largest absolute Gasteiger partial charge is 0.300 e. The Morgan fingerprint density at radius 2 is 1.86 bits per heavy atom. The molecule has 0 unspecified atom stereocenters. The maximum absolute atomic E-state index is 12.8. The van der Waals surface area contributed by atoms with Crippen LogP contribution in [0.3, 0.4) is 0 Å². The van der Waals surface area contributed by atoms with Gasteiger partial charge in [0.05, 0.1) is 27.9 Å². The van der Waals surface area contributed by atoms with Gasteiger partial charge in [-0.25, -0.2) is 4.99 Å². The van der Waals surface area contributed by atoms with Crippen LogP contribution in [-0.4, -0.2) is 22.7 Å². The number of carbonyl (C=O) groups excluding carboxylic acids is 2. The van der Waals surface area contributed by atoms with Crippen molar-refractivity contribution in [2.75, 3.05) is 5.01 Å². The molecule has 1 fully saturated rings. The number of hydrogen-bond donors (Lipinski definition) is 1. The van der Waals surface area contributed by atoms with Crippen molar-refractivity contribution in [2.45, 2.75) is 20.3 Å². The van der Waals surface area contributed by atoms with Crippen LogP contribution in [0.25, 0.3) is 0 Å². The molecule has 0 saturated carbocycles. The predicted molar refractivity (Wildman–Crippen MR) is 117 cm³/mol. The van der Waals surface area contributed by atoms with E-state index < -0.39 is 5.92 Å². The number of amidine groups is 1. The van der Waals surface area contributed by atoms with Crippen molar-refractivity contribution in [3.8, 4) is 0 Å². The lowest BCUT2D eigenvalue weighted by Crippen LogP contribution is -2.26. The number of nitrogens with zero attached hydrogens (tertiary/aromatic N) is 3. The second kappa shape index (κ2) is 8.05. The van der Waals surface area contributed by atoms with Crippen LogP contribution >= 0.6 is 11.8 Å². The van der Waals surface area contributed by atoms with Crippen molar-refractivity contribution in [1.29, 1.82) is 0 Å². The number of nitrogens with one attached hydrogen (secondary N) is 1. The quantitative estimate of drug-likeness (QED) is 0.782. The lowest BCUT2D eigenvalue weighted by atomic mass is 10.0. The molecule has 2 amide bonds. The first-order valence-corrected chi connectivity index (χ1v) is 10.2. The van der Waals surface area contributed by atoms with E-state index in [4.69, 9.17) is 0 Å². The number of para-hydroxylation sites is 1. The fourth-order valence-corrected chi connectivity index (χ4v) is 3.95. The number of aliphatic imine (C=N–C) groups is 1. The molecule has 146 valence electrons. The van der Waals surface area contributed by atoms with Gasteiger partial charge in [0.15, 0.2) is 5.17 Å². The minimum atomic E-state index is -0.563. The number of carbonyl (C=O) groups is 2. The van der Waals surface area contributed by atoms with Crippen molar-refractivity contribution >= 4 is 45.8 Å². The van der Waals surface area contributed by atoms with Gasteiger partial charge < -0.3 is 5.32 Å². The molecule has 2 aliphatic heterocycles. The van der Waals surface area contributed by atoms with E-state index in [1.165, 1.54) is 22.3 Å². The van der Waals surface area contributed by atoms with E-state index in [0.29, 0.717) is 21.5 Å². The summed E-state index contributed by atoms with van der Waals surface area (Å²) in [6.45, 7) is 3.89. The molecular weight excluding hydrogens is 384 g/mol. The zero-order valence-electron chi connectivity index (χ0n) is 16.1. The van der Waals surface area contributed by atoms with Crippen LogP contribution in [0, 0.1) is 5.92 Å². The van der Waals surface area contributed by atoms with E-state index in [0.717, 1.165) is 12.1 Å². The molecule has 2 aromatic rings. The summed E-state index contributed by atoms with van der Waals surface area (Å²) < 4.78 is 0. The van der Waals surface area contributed by atoms with Crippen molar-refractivity contribution < 1.29 is 9.59 Å².